The summed E-state index contributed by atoms with van der Waals surface area (Å²) in [5, 5.41) is 7.23. The first kappa shape index (κ1) is 13.7. The van der Waals surface area contributed by atoms with Crippen LogP contribution in [0.4, 0.5) is 4.39 Å². The van der Waals surface area contributed by atoms with Gasteiger partial charge >= 0.3 is 5.97 Å². The van der Waals surface area contributed by atoms with Gasteiger partial charge in [-0.3, -0.25) is 0 Å². The Balaban J connectivity index is 2.16. The van der Waals surface area contributed by atoms with Crippen LogP contribution in [0.2, 0.25) is 5.02 Å². The van der Waals surface area contributed by atoms with E-state index in [0.717, 1.165) is 11.3 Å². The van der Waals surface area contributed by atoms with Crippen molar-refractivity contribution >= 4 is 28.9 Å². The topological polar surface area (TPSA) is 61.3 Å². The van der Waals surface area contributed by atoms with E-state index in [9.17, 15) is 9.18 Å². The zero-order valence-electron chi connectivity index (χ0n) is 9.72. The zero-order valence-corrected chi connectivity index (χ0v) is 11.3. The van der Waals surface area contributed by atoms with Gasteiger partial charge in [0, 0.05) is 0 Å². The molecule has 0 atom stereocenters. The Morgan fingerprint density at radius 3 is 3.00 bits per heavy atom. The molecule has 0 radical (unpaired) electrons. The predicted octanol–water partition coefficient (Wildman–Crippen LogP) is 3.30. The number of carbonyl (C=O) groups excluding carboxylic acids is 1. The Bertz CT molecular complexity index is 605. The summed E-state index contributed by atoms with van der Waals surface area (Å²) >= 11 is 6.48. The fraction of sp³-hybridized carbons (Fsp3) is 0.182. The van der Waals surface area contributed by atoms with Gasteiger partial charge in [0.05, 0.1) is 11.6 Å². The van der Waals surface area contributed by atoms with Gasteiger partial charge in [-0.15, -0.1) is 5.10 Å². The summed E-state index contributed by atoms with van der Waals surface area (Å²) in [7, 11) is 0. The number of halogens is 2. The van der Waals surface area contributed by atoms with Crippen molar-refractivity contribution in [3.8, 4) is 10.9 Å². The lowest BCUT2D eigenvalue weighted by Gasteiger charge is -2.02. The molecule has 2 aromatic rings. The second kappa shape index (κ2) is 5.94. The van der Waals surface area contributed by atoms with Crippen LogP contribution in [0.3, 0.4) is 0 Å². The van der Waals surface area contributed by atoms with Gasteiger partial charge in [-0.2, -0.15) is 0 Å². The molecule has 0 saturated heterocycles. The van der Waals surface area contributed by atoms with Crippen LogP contribution in [0.5, 0.6) is 10.9 Å². The van der Waals surface area contributed by atoms with Gasteiger partial charge in [0.15, 0.2) is 11.6 Å². The van der Waals surface area contributed by atoms with Crippen molar-refractivity contribution in [1.82, 2.24) is 10.2 Å². The van der Waals surface area contributed by atoms with Crippen LogP contribution in [0.15, 0.2) is 18.2 Å². The molecule has 0 N–H and O–H groups in total. The number of nitrogens with zero attached hydrogens (tertiary/aromatic N) is 2. The lowest BCUT2D eigenvalue weighted by atomic mass is 10.3. The quantitative estimate of drug-likeness (QED) is 0.811. The average Bonchev–Trinajstić information content (AvgIpc) is 2.84. The molecule has 19 heavy (non-hydrogen) atoms. The highest BCUT2D eigenvalue weighted by Gasteiger charge is 2.16. The average molecular weight is 303 g/mol. The van der Waals surface area contributed by atoms with Crippen molar-refractivity contribution in [3.63, 3.8) is 0 Å². The molecule has 100 valence electrons. The highest BCUT2D eigenvalue weighted by molar-refractivity contribution is 7.14. The molecule has 1 aromatic heterocycles. The van der Waals surface area contributed by atoms with Crippen LogP contribution in [-0.4, -0.2) is 22.8 Å². The van der Waals surface area contributed by atoms with Crippen LogP contribution >= 0.6 is 22.9 Å². The minimum atomic E-state index is -0.697. The van der Waals surface area contributed by atoms with Crippen LogP contribution in [0.25, 0.3) is 0 Å². The van der Waals surface area contributed by atoms with Crippen LogP contribution in [0.1, 0.15) is 16.7 Å². The van der Waals surface area contributed by atoms with Gasteiger partial charge in [0.1, 0.15) is 0 Å². The summed E-state index contributed by atoms with van der Waals surface area (Å²) in [5.41, 5.74) is 0. The molecule has 0 bridgehead atoms. The maximum absolute atomic E-state index is 13.6. The Morgan fingerprint density at radius 2 is 2.26 bits per heavy atom. The summed E-state index contributed by atoms with van der Waals surface area (Å²) in [5.74, 6) is -1.38. The molecule has 5 nitrogen and oxygen atoms in total. The highest BCUT2D eigenvalue weighted by atomic mass is 35.5. The van der Waals surface area contributed by atoms with E-state index in [0.29, 0.717) is 0 Å². The first-order valence-corrected chi connectivity index (χ1v) is 6.43. The molecule has 0 aliphatic carbocycles. The van der Waals surface area contributed by atoms with Crippen molar-refractivity contribution in [3.05, 3.63) is 34.0 Å². The Labute approximate surface area is 116 Å². The van der Waals surface area contributed by atoms with Crippen molar-refractivity contribution in [2.45, 2.75) is 6.92 Å². The molecule has 0 unspecified atom stereocenters. The molecule has 1 heterocycles. The Kier molecular flexibility index (Phi) is 4.28. The number of carbonyl (C=O) groups is 1. The molecule has 0 amide bonds. The number of aromatic nitrogens is 2. The molecule has 0 fully saturated rings. The molecule has 2 rings (SSSR count). The van der Waals surface area contributed by atoms with Gasteiger partial charge in [0.2, 0.25) is 5.01 Å². The van der Waals surface area contributed by atoms with E-state index < -0.39 is 11.8 Å². The molecule has 1 aromatic carbocycles. The summed E-state index contributed by atoms with van der Waals surface area (Å²) in [6.45, 7) is 1.91. The number of ether oxygens (including phenoxy) is 2. The number of hydrogen-bond acceptors (Lipinski definition) is 6. The van der Waals surface area contributed by atoms with E-state index >= 15 is 0 Å². The first-order chi connectivity index (χ1) is 9.11. The molecule has 0 spiro atoms. The molecule has 0 aliphatic heterocycles. The number of benzene rings is 1. The third-order valence-electron chi connectivity index (χ3n) is 1.97. The summed E-state index contributed by atoms with van der Waals surface area (Å²) in [6, 6.07) is 4.33. The molecular weight excluding hydrogens is 295 g/mol. The zero-order chi connectivity index (χ0) is 13.8. The minimum absolute atomic E-state index is 0.0317. The Hall–Kier alpha value is -1.73. The summed E-state index contributed by atoms with van der Waals surface area (Å²) in [4.78, 5) is 11.4. The fourth-order valence-corrected chi connectivity index (χ4v) is 1.95. The van der Waals surface area contributed by atoms with Crippen molar-refractivity contribution in [1.29, 1.82) is 0 Å². The van der Waals surface area contributed by atoms with Gasteiger partial charge < -0.3 is 9.47 Å². The number of esters is 1. The van der Waals surface area contributed by atoms with Crippen molar-refractivity contribution in [2.24, 2.45) is 0 Å². The second-order valence-corrected chi connectivity index (χ2v) is 4.59. The van der Waals surface area contributed by atoms with Gasteiger partial charge in [0.25, 0.3) is 5.19 Å². The predicted molar refractivity (Wildman–Crippen MR) is 67.3 cm³/mol. The van der Waals surface area contributed by atoms with Crippen LogP contribution < -0.4 is 4.74 Å². The smallest absolute Gasteiger partial charge is 0.369 e. The van der Waals surface area contributed by atoms with E-state index in [2.05, 4.69) is 10.2 Å². The minimum Gasteiger partial charge on any atom is -0.461 e. The van der Waals surface area contributed by atoms with E-state index in [1.807, 2.05) is 0 Å². The monoisotopic (exact) mass is 302 g/mol. The van der Waals surface area contributed by atoms with Crippen molar-refractivity contribution in [2.75, 3.05) is 6.61 Å². The maximum atomic E-state index is 13.6. The highest BCUT2D eigenvalue weighted by Crippen LogP contribution is 2.30. The summed E-state index contributed by atoms with van der Waals surface area (Å²) < 4.78 is 23.5. The van der Waals surface area contributed by atoms with Crippen LogP contribution in [0, 0.1) is 5.82 Å². The SMILES string of the molecule is CCOC(=O)c1nnc(Oc2cccc(Cl)c2F)s1. The molecule has 0 saturated carbocycles. The summed E-state index contributed by atoms with van der Waals surface area (Å²) in [6.07, 6.45) is 0. The van der Waals surface area contributed by atoms with Crippen molar-refractivity contribution < 1.29 is 18.7 Å². The molecular formula is C11H8ClFN2O3S. The van der Waals surface area contributed by atoms with E-state index in [1.165, 1.54) is 18.2 Å². The third-order valence-corrected chi connectivity index (χ3v) is 3.04. The van der Waals surface area contributed by atoms with Gasteiger partial charge in [-0.25, -0.2) is 9.18 Å². The lowest BCUT2D eigenvalue weighted by Crippen LogP contribution is -2.03. The van der Waals surface area contributed by atoms with E-state index in [1.54, 1.807) is 6.92 Å². The van der Waals surface area contributed by atoms with E-state index in [-0.39, 0.29) is 27.6 Å². The first-order valence-electron chi connectivity index (χ1n) is 5.24. The standard InChI is InChI=1S/C11H8ClFN2O3S/c1-2-17-10(16)9-14-15-11(19-9)18-7-5-3-4-6(12)8(7)13/h3-5H,2H2,1H3. The lowest BCUT2D eigenvalue weighted by molar-refractivity contribution is 0.0525. The molecule has 0 aliphatic rings. The van der Waals surface area contributed by atoms with Gasteiger partial charge in [-0.05, 0) is 30.4 Å². The third kappa shape index (κ3) is 3.18. The number of rotatable bonds is 4. The number of hydrogen-bond donors (Lipinski definition) is 0. The largest absolute Gasteiger partial charge is 0.461 e. The Morgan fingerprint density at radius 1 is 1.47 bits per heavy atom. The normalized spacial score (nSPS) is 10.3. The van der Waals surface area contributed by atoms with Gasteiger partial charge in [-0.1, -0.05) is 22.8 Å². The maximum Gasteiger partial charge on any atom is 0.369 e. The fourth-order valence-electron chi connectivity index (χ4n) is 1.18. The van der Waals surface area contributed by atoms with E-state index in [4.69, 9.17) is 21.1 Å². The van der Waals surface area contributed by atoms with Crippen LogP contribution in [-0.2, 0) is 4.74 Å². The molecule has 8 heteroatoms. The second-order valence-electron chi connectivity index (χ2n) is 3.25.